The lowest BCUT2D eigenvalue weighted by molar-refractivity contribution is -0.123. The van der Waals surface area contributed by atoms with E-state index in [0.29, 0.717) is 29.7 Å². The molecule has 1 atom stereocenters. The van der Waals surface area contributed by atoms with Crippen LogP contribution in [0.2, 0.25) is 0 Å². The number of hydrogen-bond acceptors (Lipinski definition) is 5. The Morgan fingerprint density at radius 2 is 2.20 bits per heavy atom. The normalized spacial score (nSPS) is 16.6. The number of carbonyl (C=O) groups is 1. The van der Waals surface area contributed by atoms with Crippen molar-refractivity contribution in [3.8, 4) is 0 Å². The smallest absolute Gasteiger partial charge is 0.258 e. The summed E-state index contributed by atoms with van der Waals surface area (Å²) in [5.41, 5.74) is 2.24. The van der Waals surface area contributed by atoms with Gasteiger partial charge in [-0.2, -0.15) is 0 Å². The Bertz CT molecular complexity index is 976. The number of amides is 1. The Balaban J connectivity index is 1.42. The summed E-state index contributed by atoms with van der Waals surface area (Å²) in [6.45, 7) is 1.12. The summed E-state index contributed by atoms with van der Waals surface area (Å²) < 4.78 is 0. The van der Waals surface area contributed by atoms with E-state index in [4.69, 9.17) is 0 Å². The second kappa shape index (κ2) is 6.48. The molecule has 0 radical (unpaired) electrons. The molecule has 25 heavy (non-hydrogen) atoms. The molecule has 8 heteroatoms. The van der Waals surface area contributed by atoms with Crippen molar-refractivity contribution in [1.29, 1.82) is 0 Å². The van der Waals surface area contributed by atoms with E-state index in [0.717, 1.165) is 24.4 Å². The van der Waals surface area contributed by atoms with Gasteiger partial charge in [-0.3, -0.25) is 9.59 Å². The van der Waals surface area contributed by atoms with Crippen LogP contribution in [-0.4, -0.2) is 38.9 Å². The van der Waals surface area contributed by atoms with E-state index in [2.05, 4.69) is 30.6 Å². The Labute approximate surface area is 143 Å². The van der Waals surface area contributed by atoms with Gasteiger partial charge in [-0.1, -0.05) is 12.1 Å². The lowest BCUT2D eigenvalue weighted by Crippen LogP contribution is -2.42. The first kappa shape index (κ1) is 15.5. The van der Waals surface area contributed by atoms with Gasteiger partial charge in [0.05, 0.1) is 22.9 Å². The number of benzene rings is 1. The first-order chi connectivity index (χ1) is 12.2. The fraction of sp³-hybridized carbons (Fsp3) is 0.294. The molecule has 1 aliphatic rings. The summed E-state index contributed by atoms with van der Waals surface area (Å²) in [4.78, 5) is 39.0. The summed E-state index contributed by atoms with van der Waals surface area (Å²) in [6, 6.07) is 6.75. The van der Waals surface area contributed by atoms with Gasteiger partial charge in [-0.15, -0.1) is 0 Å². The van der Waals surface area contributed by atoms with Crippen LogP contribution in [0.4, 0.5) is 0 Å². The van der Waals surface area contributed by atoms with Crippen molar-refractivity contribution < 1.29 is 4.79 Å². The molecule has 3 heterocycles. The predicted octanol–water partition coefficient (Wildman–Crippen LogP) is 0.192. The molecular formula is C17H18N6O2. The van der Waals surface area contributed by atoms with Gasteiger partial charge in [0.1, 0.15) is 11.9 Å². The molecule has 1 amide bonds. The number of fused-ring (bicyclic) bond motifs is 2. The third-order valence-electron chi connectivity index (χ3n) is 4.33. The number of nitrogens with one attached hydrogen (secondary N) is 4. The van der Waals surface area contributed by atoms with E-state index in [1.165, 1.54) is 0 Å². The molecular weight excluding hydrogens is 320 g/mol. The summed E-state index contributed by atoms with van der Waals surface area (Å²) in [5.74, 6) is 0.428. The van der Waals surface area contributed by atoms with Crippen molar-refractivity contribution in [2.24, 2.45) is 0 Å². The number of hydrogen-bond donors (Lipinski definition) is 4. The first-order valence-electron chi connectivity index (χ1n) is 8.23. The maximum absolute atomic E-state index is 12.4. The number of para-hydroxylation sites is 1. The number of aromatic amines is 2. The SMILES string of the molecule is O=C(NCCc1nc2ccccc2c(=O)[nH]1)C1NCCc2[nH]cnc21. The summed E-state index contributed by atoms with van der Waals surface area (Å²) in [6.07, 6.45) is 2.90. The van der Waals surface area contributed by atoms with E-state index in [1.807, 2.05) is 6.07 Å². The number of nitrogens with zero attached hydrogens (tertiary/aromatic N) is 2. The molecule has 0 saturated heterocycles. The van der Waals surface area contributed by atoms with E-state index in [9.17, 15) is 9.59 Å². The fourth-order valence-corrected chi connectivity index (χ4v) is 3.10. The molecule has 8 nitrogen and oxygen atoms in total. The highest BCUT2D eigenvalue weighted by molar-refractivity contribution is 5.83. The van der Waals surface area contributed by atoms with Crippen molar-refractivity contribution in [1.82, 2.24) is 30.6 Å². The quantitative estimate of drug-likeness (QED) is 0.542. The number of aromatic nitrogens is 4. The Hall–Kier alpha value is -3.00. The van der Waals surface area contributed by atoms with Crippen molar-refractivity contribution in [2.75, 3.05) is 13.1 Å². The fourth-order valence-electron chi connectivity index (χ4n) is 3.10. The second-order valence-electron chi connectivity index (χ2n) is 5.97. The van der Waals surface area contributed by atoms with Gasteiger partial charge in [0.15, 0.2) is 0 Å². The van der Waals surface area contributed by atoms with Gasteiger partial charge < -0.3 is 20.6 Å². The zero-order valence-corrected chi connectivity index (χ0v) is 13.5. The molecule has 0 aliphatic carbocycles. The van der Waals surface area contributed by atoms with Crippen molar-refractivity contribution in [3.63, 3.8) is 0 Å². The van der Waals surface area contributed by atoms with Gasteiger partial charge in [0, 0.05) is 31.6 Å². The third kappa shape index (κ3) is 3.03. The monoisotopic (exact) mass is 338 g/mol. The van der Waals surface area contributed by atoms with Crippen LogP contribution in [0.3, 0.4) is 0 Å². The van der Waals surface area contributed by atoms with Crippen molar-refractivity contribution >= 4 is 16.8 Å². The van der Waals surface area contributed by atoms with Crippen molar-refractivity contribution in [3.05, 3.63) is 58.2 Å². The van der Waals surface area contributed by atoms with Crippen LogP contribution in [-0.2, 0) is 17.6 Å². The summed E-state index contributed by atoms with van der Waals surface area (Å²) in [7, 11) is 0. The number of rotatable bonds is 4. The average molecular weight is 338 g/mol. The maximum atomic E-state index is 12.4. The molecule has 0 saturated carbocycles. The van der Waals surface area contributed by atoms with E-state index < -0.39 is 6.04 Å². The minimum absolute atomic E-state index is 0.129. The molecule has 1 aliphatic heterocycles. The standard InChI is InChI=1S/C17H18N6O2/c24-16-10-3-1-2-4-11(10)22-13(23-16)6-8-19-17(25)15-14-12(5-7-18-15)20-9-21-14/h1-4,9,15,18H,5-8H2,(H,19,25)(H,20,21)(H,22,23,24). The van der Waals surface area contributed by atoms with Crippen LogP contribution in [0, 0.1) is 0 Å². The lowest BCUT2D eigenvalue weighted by atomic mass is 10.1. The third-order valence-corrected chi connectivity index (χ3v) is 4.33. The molecule has 0 fully saturated rings. The second-order valence-corrected chi connectivity index (χ2v) is 5.97. The Kier molecular flexibility index (Phi) is 4.02. The van der Waals surface area contributed by atoms with E-state index in [-0.39, 0.29) is 11.5 Å². The molecule has 4 rings (SSSR count). The number of carbonyl (C=O) groups excluding carboxylic acids is 1. The minimum Gasteiger partial charge on any atom is -0.354 e. The van der Waals surface area contributed by atoms with Crippen LogP contribution in [0.25, 0.3) is 10.9 Å². The van der Waals surface area contributed by atoms with Crippen molar-refractivity contribution in [2.45, 2.75) is 18.9 Å². The van der Waals surface area contributed by atoms with E-state index in [1.54, 1.807) is 24.5 Å². The lowest BCUT2D eigenvalue weighted by Gasteiger charge is -2.22. The van der Waals surface area contributed by atoms with Crippen LogP contribution in [0.15, 0.2) is 35.4 Å². The minimum atomic E-state index is -0.446. The first-order valence-corrected chi connectivity index (χ1v) is 8.23. The summed E-state index contributed by atoms with van der Waals surface area (Å²) >= 11 is 0. The van der Waals surface area contributed by atoms with Crippen LogP contribution in [0.1, 0.15) is 23.3 Å². The molecule has 2 aromatic heterocycles. The summed E-state index contributed by atoms with van der Waals surface area (Å²) in [5, 5.41) is 6.62. The molecule has 3 aromatic rings. The molecule has 1 aromatic carbocycles. The van der Waals surface area contributed by atoms with Gasteiger partial charge in [0.25, 0.3) is 5.56 Å². The average Bonchev–Trinajstić information content (AvgIpc) is 3.10. The van der Waals surface area contributed by atoms with Crippen LogP contribution >= 0.6 is 0 Å². The zero-order valence-electron chi connectivity index (χ0n) is 13.5. The van der Waals surface area contributed by atoms with Crippen LogP contribution < -0.4 is 16.2 Å². The predicted molar refractivity (Wildman–Crippen MR) is 92.1 cm³/mol. The number of imidazole rings is 1. The highest BCUT2D eigenvalue weighted by atomic mass is 16.2. The molecule has 0 bridgehead atoms. The van der Waals surface area contributed by atoms with Gasteiger partial charge >= 0.3 is 0 Å². The largest absolute Gasteiger partial charge is 0.354 e. The molecule has 0 spiro atoms. The Morgan fingerprint density at radius 3 is 3.12 bits per heavy atom. The highest BCUT2D eigenvalue weighted by Gasteiger charge is 2.28. The number of H-pyrrole nitrogens is 2. The maximum Gasteiger partial charge on any atom is 0.258 e. The van der Waals surface area contributed by atoms with E-state index >= 15 is 0 Å². The molecule has 128 valence electrons. The van der Waals surface area contributed by atoms with Gasteiger partial charge in [-0.05, 0) is 12.1 Å². The van der Waals surface area contributed by atoms with Crippen LogP contribution in [0.5, 0.6) is 0 Å². The van der Waals surface area contributed by atoms with Gasteiger partial charge in [-0.25, -0.2) is 9.97 Å². The Morgan fingerprint density at radius 1 is 1.32 bits per heavy atom. The zero-order chi connectivity index (χ0) is 17.2. The molecule has 1 unspecified atom stereocenters. The topological polar surface area (TPSA) is 116 Å². The van der Waals surface area contributed by atoms with Gasteiger partial charge in [0.2, 0.25) is 5.91 Å². The highest BCUT2D eigenvalue weighted by Crippen LogP contribution is 2.19. The molecule has 4 N–H and O–H groups in total.